The van der Waals surface area contributed by atoms with Crippen LogP contribution in [0.3, 0.4) is 0 Å². The molecule has 1 N–H and O–H groups in total. The van der Waals surface area contributed by atoms with Crippen molar-refractivity contribution in [1.29, 1.82) is 0 Å². The predicted molar refractivity (Wildman–Crippen MR) is 92.8 cm³/mol. The average Bonchev–Trinajstić information content (AvgIpc) is 2.61. The first-order chi connectivity index (χ1) is 12.7. The van der Waals surface area contributed by atoms with Gasteiger partial charge in [-0.1, -0.05) is 0 Å². The van der Waals surface area contributed by atoms with Crippen LogP contribution in [-0.2, 0) is 20.5 Å². The Hall–Kier alpha value is -2.55. The fourth-order valence-corrected chi connectivity index (χ4v) is 2.77. The Labute approximate surface area is 156 Å². The van der Waals surface area contributed by atoms with Crippen molar-refractivity contribution < 1.29 is 31.9 Å². The highest BCUT2D eigenvalue weighted by atomic mass is 32.2. The Morgan fingerprint density at radius 1 is 1.00 bits per heavy atom. The van der Waals surface area contributed by atoms with Crippen LogP contribution in [0.5, 0.6) is 0 Å². The molecule has 0 fully saturated rings. The highest BCUT2D eigenvalue weighted by Gasteiger charge is 2.29. The summed E-state index contributed by atoms with van der Waals surface area (Å²) in [6, 6.07) is 9.70. The van der Waals surface area contributed by atoms with E-state index in [2.05, 4.69) is 5.32 Å². The molecule has 1 amide bonds. The number of halogens is 4. The van der Waals surface area contributed by atoms with E-state index in [1.165, 1.54) is 23.9 Å². The Bertz CT molecular complexity index is 777. The third-order valence-electron chi connectivity index (χ3n) is 3.25. The van der Waals surface area contributed by atoms with E-state index in [0.717, 1.165) is 29.2 Å². The standard InChI is InChI=1S/C18H15F4NO3S/c19-13-3-7-15(8-4-13)27-10-9-17(25)26-11-16(24)23-14-5-1-12(2-6-14)18(20,21)22/h1-8H,9-11H2,(H,23,24). The van der Waals surface area contributed by atoms with Gasteiger partial charge in [-0.15, -0.1) is 11.8 Å². The van der Waals surface area contributed by atoms with Gasteiger partial charge in [-0.2, -0.15) is 13.2 Å². The van der Waals surface area contributed by atoms with E-state index in [1.54, 1.807) is 12.1 Å². The van der Waals surface area contributed by atoms with Gasteiger partial charge in [0.2, 0.25) is 0 Å². The van der Waals surface area contributed by atoms with Gasteiger partial charge in [-0.25, -0.2) is 4.39 Å². The molecule has 0 aliphatic carbocycles. The Kier molecular flexibility index (Phi) is 7.23. The molecule has 0 bridgehead atoms. The first-order valence-corrected chi connectivity index (χ1v) is 8.74. The summed E-state index contributed by atoms with van der Waals surface area (Å²) in [4.78, 5) is 24.1. The fraction of sp³-hybridized carbons (Fsp3) is 0.222. The maximum absolute atomic E-state index is 12.8. The number of amides is 1. The van der Waals surface area contributed by atoms with Gasteiger partial charge in [0.15, 0.2) is 6.61 Å². The van der Waals surface area contributed by atoms with Crippen molar-refractivity contribution in [2.45, 2.75) is 17.5 Å². The number of nitrogens with one attached hydrogen (secondary N) is 1. The quantitative estimate of drug-likeness (QED) is 0.421. The van der Waals surface area contributed by atoms with Crippen molar-refractivity contribution >= 4 is 29.3 Å². The lowest BCUT2D eigenvalue weighted by molar-refractivity contribution is -0.146. The second-order valence-electron chi connectivity index (χ2n) is 5.34. The molecule has 144 valence electrons. The van der Waals surface area contributed by atoms with Gasteiger partial charge in [0.25, 0.3) is 5.91 Å². The minimum absolute atomic E-state index is 0.0512. The zero-order valence-corrected chi connectivity index (χ0v) is 14.7. The largest absolute Gasteiger partial charge is 0.456 e. The molecule has 0 saturated carbocycles. The summed E-state index contributed by atoms with van der Waals surface area (Å²) in [5, 5.41) is 2.34. The number of hydrogen-bond donors (Lipinski definition) is 1. The number of alkyl halides is 3. The number of carbonyl (C=O) groups is 2. The lowest BCUT2D eigenvalue weighted by atomic mass is 10.2. The molecule has 0 saturated heterocycles. The first-order valence-electron chi connectivity index (χ1n) is 7.75. The van der Waals surface area contributed by atoms with Gasteiger partial charge in [0, 0.05) is 16.3 Å². The molecule has 2 aromatic rings. The predicted octanol–water partition coefficient (Wildman–Crippen LogP) is 4.51. The summed E-state index contributed by atoms with van der Waals surface area (Å²) in [7, 11) is 0. The number of rotatable bonds is 7. The maximum atomic E-state index is 12.8. The SMILES string of the molecule is O=C(COC(=O)CCSc1ccc(F)cc1)Nc1ccc(C(F)(F)F)cc1. The first kappa shape index (κ1) is 20.8. The Morgan fingerprint density at radius 2 is 1.63 bits per heavy atom. The highest BCUT2D eigenvalue weighted by molar-refractivity contribution is 7.99. The van der Waals surface area contributed by atoms with Crippen molar-refractivity contribution in [3.63, 3.8) is 0 Å². The van der Waals surface area contributed by atoms with Crippen LogP contribution in [0.2, 0.25) is 0 Å². The van der Waals surface area contributed by atoms with Crippen LogP contribution in [0.1, 0.15) is 12.0 Å². The maximum Gasteiger partial charge on any atom is 0.416 e. The molecule has 27 heavy (non-hydrogen) atoms. The molecule has 0 unspecified atom stereocenters. The van der Waals surface area contributed by atoms with Crippen molar-refractivity contribution in [2.24, 2.45) is 0 Å². The van der Waals surface area contributed by atoms with Crippen molar-refractivity contribution in [3.05, 3.63) is 59.9 Å². The summed E-state index contributed by atoms with van der Waals surface area (Å²) in [6.45, 7) is -0.541. The van der Waals surface area contributed by atoms with E-state index < -0.39 is 30.2 Å². The molecule has 0 aliphatic rings. The zero-order valence-electron chi connectivity index (χ0n) is 13.9. The van der Waals surface area contributed by atoms with E-state index in [9.17, 15) is 27.2 Å². The molecule has 0 aromatic heterocycles. The lowest BCUT2D eigenvalue weighted by Gasteiger charge is -2.09. The summed E-state index contributed by atoms with van der Waals surface area (Å²) >= 11 is 1.34. The molecule has 0 radical (unpaired) electrons. The normalized spacial score (nSPS) is 11.1. The summed E-state index contributed by atoms with van der Waals surface area (Å²) < 4.78 is 54.9. The molecule has 0 atom stereocenters. The Balaban J connectivity index is 1.68. The molecule has 2 aromatic carbocycles. The summed E-state index contributed by atoms with van der Waals surface area (Å²) in [6.07, 6.45) is -4.40. The van der Waals surface area contributed by atoms with Gasteiger partial charge in [-0.05, 0) is 48.5 Å². The van der Waals surface area contributed by atoms with Crippen molar-refractivity contribution in [1.82, 2.24) is 0 Å². The topological polar surface area (TPSA) is 55.4 Å². The minimum atomic E-state index is -4.45. The minimum Gasteiger partial charge on any atom is -0.456 e. The molecule has 4 nitrogen and oxygen atoms in total. The molecular weight excluding hydrogens is 386 g/mol. The number of anilines is 1. The van der Waals surface area contributed by atoms with Crippen LogP contribution < -0.4 is 5.32 Å². The van der Waals surface area contributed by atoms with Crippen molar-refractivity contribution in [3.8, 4) is 0 Å². The van der Waals surface area contributed by atoms with Gasteiger partial charge in [0.05, 0.1) is 12.0 Å². The number of ether oxygens (including phenoxy) is 1. The number of benzene rings is 2. The van der Waals surface area contributed by atoms with E-state index in [1.807, 2.05) is 0 Å². The van der Waals surface area contributed by atoms with Crippen LogP contribution >= 0.6 is 11.8 Å². The molecule has 2 rings (SSSR count). The average molecular weight is 401 g/mol. The van der Waals surface area contributed by atoms with E-state index in [4.69, 9.17) is 4.74 Å². The molecular formula is C18H15F4NO3S. The second kappa shape index (κ2) is 9.40. The van der Waals surface area contributed by atoms with Gasteiger partial charge in [0.1, 0.15) is 5.82 Å². The second-order valence-corrected chi connectivity index (χ2v) is 6.50. The number of esters is 1. The van der Waals surface area contributed by atoms with Crippen LogP contribution in [-0.4, -0.2) is 24.2 Å². The third kappa shape index (κ3) is 7.30. The van der Waals surface area contributed by atoms with Crippen LogP contribution in [0.15, 0.2) is 53.4 Å². The molecule has 0 heterocycles. The van der Waals surface area contributed by atoms with Crippen LogP contribution in [0.4, 0.5) is 23.2 Å². The van der Waals surface area contributed by atoms with E-state index in [0.29, 0.717) is 5.75 Å². The molecule has 0 spiro atoms. The van der Waals surface area contributed by atoms with Gasteiger partial charge < -0.3 is 10.1 Å². The monoisotopic (exact) mass is 401 g/mol. The summed E-state index contributed by atoms with van der Waals surface area (Å²) in [5.41, 5.74) is -0.665. The highest BCUT2D eigenvalue weighted by Crippen LogP contribution is 2.29. The van der Waals surface area contributed by atoms with Crippen molar-refractivity contribution in [2.75, 3.05) is 17.7 Å². The fourth-order valence-electron chi connectivity index (χ4n) is 1.94. The van der Waals surface area contributed by atoms with Gasteiger partial charge >= 0.3 is 12.1 Å². The third-order valence-corrected chi connectivity index (χ3v) is 4.26. The van der Waals surface area contributed by atoms with Gasteiger partial charge in [-0.3, -0.25) is 9.59 Å². The molecule has 0 aliphatic heterocycles. The Morgan fingerprint density at radius 3 is 2.22 bits per heavy atom. The van der Waals surface area contributed by atoms with Crippen LogP contribution in [0.25, 0.3) is 0 Å². The number of hydrogen-bond acceptors (Lipinski definition) is 4. The van der Waals surface area contributed by atoms with Crippen LogP contribution in [0, 0.1) is 5.82 Å². The number of carbonyl (C=O) groups excluding carboxylic acids is 2. The van der Waals surface area contributed by atoms with E-state index >= 15 is 0 Å². The van der Waals surface area contributed by atoms with E-state index in [-0.39, 0.29) is 17.9 Å². The smallest absolute Gasteiger partial charge is 0.416 e. The molecule has 9 heteroatoms. The lowest BCUT2D eigenvalue weighted by Crippen LogP contribution is -2.21. The summed E-state index contributed by atoms with van der Waals surface area (Å²) in [5.74, 6) is -1.20. The number of thioether (sulfide) groups is 1. The zero-order chi connectivity index (χ0) is 19.9.